The van der Waals surface area contributed by atoms with Gasteiger partial charge in [0.2, 0.25) is 5.91 Å². The molecule has 2 N–H and O–H groups in total. The maximum atomic E-state index is 12.0. The fraction of sp³-hybridized carbons (Fsp3) is 0.857. The summed E-state index contributed by atoms with van der Waals surface area (Å²) in [6, 6.07) is 1.42. The van der Waals surface area contributed by atoms with Gasteiger partial charge in [-0.1, -0.05) is 6.42 Å². The summed E-state index contributed by atoms with van der Waals surface area (Å²) in [4.78, 5) is 25.2. The molecule has 4 atom stereocenters. The van der Waals surface area contributed by atoms with Crippen molar-refractivity contribution in [3.63, 3.8) is 0 Å². The van der Waals surface area contributed by atoms with Crippen molar-refractivity contribution in [3.8, 4) is 0 Å². The van der Waals surface area contributed by atoms with Crippen LogP contribution in [0.4, 0.5) is 0 Å². The quantitative estimate of drug-likeness (QED) is 0.794. The lowest BCUT2D eigenvalue weighted by atomic mass is 9.82. The van der Waals surface area contributed by atoms with Gasteiger partial charge in [-0.05, 0) is 39.2 Å². The van der Waals surface area contributed by atoms with Crippen LogP contribution in [0.25, 0.3) is 0 Å². The van der Waals surface area contributed by atoms with Crippen molar-refractivity contribution in [2.45, 2.75) is 56.7 Å². The summed E-state index contributed by atoms with van der Waals surface area (Å²) >= 11 is 0. The Morgan fingerprint density at radius 1 is 1.11 bits per heavy atom. The number of nitrogens with zero attached hydrogens (tertiary/aromatic N) is 1. The van der Waals surface area contributed by atoms with Crippen molar-refractivity contribution in [3.05, 3.63) is 0 Å². The van der Waals surface area contributed by atoms with Crippen LogP contribution in [-0.4, -0.2) is 47.1 Å². The van der Waals surface area contributed by atoms with Crippen LogP contribution in [0.2, 0.25) is 0 Å². The van der Waals surface area contributed by atoms with Crippen molar-refractivity contribution in [1.29, 1.82) is 0 Å². The summed E-state index contributed by atoms with van der Waals surface area (Å²) in [5.41, 5.74) is 0. The molecule has 106 valence electrons. The number of carboxylic acids is 1. The van der Waals surface area contributed by atoms with Gasteiger partial charge in [0.1, 0.15) is 0 Å². The topological polar surface area (TPSA) is 69.6 Å². The molecule has 2 heterocycles. The third kappa shape index (κ3) is 2.48. The van der Waals surface area contributed by atoms with Crippen LogP contribution < -0.4 is 5.32 Å². The molecule has 3 fully saturated rings. The molecule has 5 nitrogen and oxygen atoms in total. The van der Waals surface area contributed by atoms with Gasteiger partial charge in [0.05, 0.1) is 11.8 Å². The van der Waals surface area contributed by atoms with E-state index in [0.717, 1.165) is 12.8 Å². The van der Waals surface area contributed by atoms with E-state index in [1.165, 1.54) is 19.3 Å². The minimum Gasteiger partial charge on any atom is -0.481 e. The van der Waals surface area contributed by atoms with Crippen LogP contribution in [-0.2, 0) is 9.59 Å². The van der Waals surface area contributed by atoms with Gasteiger partial charge in [-0.25, -0.2) is 0 Å². The average molecular weight is 266 g/mol. The van der Waals surface area contributed by atoms with Crippen LogP contribution in [0.3, 0.4) is 0 Å². The number of carbonyl (C=O) groups excluding carboxylic acids is 1. The summed E-state index contributed by atoms with van der Waals surface area (Å²) in [5, 5.41) is 11.9. The van der Waals surface area contributed by atoms with Gasteiger partial charge >= 0.3 is 5.97 Å². The summed E-state index contributed by atoms with van der Waals surface area (Å²) in [6.07, 6.45) is 6.29. The van der Waals surface area contributed by atoms with Gasteiger partial charge in [0, 0.05) is 18.1 Å². The molecule has 0 aromatic heterocycles. The Labute approximate surface area is 113 Å². The number of amides is 1. The van der Waals surface area contributed by atoms with Gasteiger partial charge in [-0.3, -0.25) is 9.59 Å². The number of rotatable bonds is 3. The number of aliphatic carboxylic acids is 1. The maximum absolute atomic E-state index is 12.0. The number of hydrogen-bond acceptors (Lipinski definition) is 3. The van der Waals surface area contributed by atoms with Crippen molar-refractivity contribution >= 4 is 11.9 Å². The monoisotopic (exact) mass is 266 g/mol. The summed E-state index contributed by atoms with van der Waals surface area (Å²) in [7, 11) is 2.19. The fourth-order valence-electron chi connectivity index (χ4n) is 3.80. The Morgan fingerprint density at radius 3 is 2.26 bits per heavy atom. The van der Waals surface area contributed by atoms with Crippen LogP contribution in [0.15, 0.2) is 0 Å². The number of nitrogens with one attached hydrogen (secondary N) is 1. The SMILES string of the molecule is CN1C2CCCC1CC(NC(=O)[C@@H]1C[C@@H]1C(=O)O)C2. The molecule has 5 heteroatoms. The third-order valence-corrected chi connectivity index (χ3v) is 5.13. The molecule has 2 saturated heterocycles. The first-order valence-electron chi connectivity index (χ1n) is 7.31. The van der Waals surface area contributed by atoms with Crippen LogP contribution in [0, 0.1) is 11.8 Å². The van der Waals surface area contributed by atoms with Gasteiger partial charge in [0.15, 0.2) is 0 Å². The standard InChI is InChI=1S/C14H22N2O3/c1-16-9-3-2-4-10(16)6-8(5-9)15-13(17)11-7-12(11)14(18)19/h8-12H,2-7H2,1H3,(H,15,17)(H,18,19)/t8?,9?,10?,11-,12+/m1/s1. The molecule has 0 aromatic carbocycles. The van der Waals surface area contributed by atoms with Crippen molar-refractivity contribution < 1.29 is 14.7 Å². The summed E-state index contributed by atoms with van der Waals surface area (Å²) in [5.74, 6) is -1.59. The zero-order valence-corrected chi connectivity index (χ0v) is 11.3. The predicted octanol–water partition coefficient (Wildman–Crippen LogP) is 0.839. The Morgan fingerprint density at radius 2 is 1.74 bits per heavy atom. The van der Waals surface area contributed by atoms with E-state index in [0.29, 0.717) is 18.5 Å². The second-order valence-electron chi connectivity index (χ2n) is 6.37. The smallest absolute Gasteiger partial charge is 0.307 e. The minimum absolute atomic E-state index is 0.0416. The molecule has 0 spiro atoms. The first-order valence-corrected chi connectivity index (χ1v) is 7.31. The highest BCUT2D eigenvalue weighted by atomic mass is 16.4. The van der Waals surface area contributed by atoms with E-state index in [1.807, 2.05) is 0 Å². The van der Waals surface area contributed by atoms with Crippen LogP contribution >= 0.6 is 0 Å². The zero-order chi connectivity index (χ0) is 13.6. The van der Waals surface area contributed by atoms with E-state index in [-0.39, 0.29) is 17.9 Å². The second-order valence-corrected chi connectivity index (χ2v) is 6.37. The largest absolute Gasteiger partial charge is 0.481 e. The lowest BCUT2D eigenvalue weighted by Gasteiger charge is -2.47. The molecular formula is C14H22N2O3. The number of carboxylic acid groups (broad SMARTS) is 1. The summed E-state index contributed by atoms with van der Waals surface area (Å²) < 4.78 is 0. The Kier molecular flexibility index (Phi) is 3.25. The molecule has 2 unspecified atom stereocenters. The fourth-order valence-corrected chi connectivity index (χ4v) is 3.80. The lowest BCUT2D eigenvalue weighted by Crippen LogP contribution is -2.55. The molecule has 19 heavy (non-hydrogen) atoms. The average Bonchev–Trinajstić information content (AvgIpc) is 3.10. The zero-order valence-electron chi connectivity index (χ0n) is 11.3. The predicted molar refractivity (Wildman–Crippen MR) is 69.6 cm³/mol. The first-order chi connectivity index (χ1) is 9.06. The maximum Gasteiger partial charge on any atom is 0.307 e. The molecule has 3 rings (SSSR count). The van der Waals surface area contributed by atoms with E-state index in [2.05, 4.69) is 17.3 Å². The molecule has 1 aliphatic carbocycles. The highest BCUT2D eigenvalue weighted by Gasteiger charge is 2.49. The molecule has 0 radical (unpaired) electrons. The van der Waals surface area contributed by atoms with Gasteiger partial charge in [-0.2, -0.15) is 0 Å². The van der Waals surface area contributed by atoms with Crippen LogP contribution in [0.1, 0.15) is 38.5 Å². The molecule has 1 saturated carbocycles. The Hall–Kier alpha value is -1.10. The van der Waals surface area contributed by atoms with E-state index < -0.39 is 11.9 Å². The Balaban J connectivity index is 1.54. The molecule has 3 aliphatic rings. The van der Waals surface area contributed by atoms with Crippen molar-refractivity contribution in [2.75, 3.05) is 7.05 Å². The lowest BCUT2D eigenvalue weighted by molar-refractivity contribution is -0.140. The number of piperidine rings is 2. The molecule has 1 amide bonds. The first kappa shape index (κ1) is 12.9. The number of hydrogen-bond donors (Lipinski definition) is 2. The van der Waals surface area contributed by atoms with Gasteiger partial charge < -0.3 is 15.3 Å². The van der Waals surface area contributed by atoms with Gasteiger partial charge in [0.25, 0.3) is 0 Å². The molecular weight excluding hydrogens is 244 g/mol. The molecule has 0 aromatic rings. The number of fused-ring (bicyclic) bond motifs is 2. The normalized spacial score (nSPS) is 41.6. The van der Waals surface area contributed by atoms with E-state index >= 15 is 0 Å². The third-order valence-electron chi connectivity index (χ3n) is 5.13. The highest BCUT2D eigenvalue weighted by Crippen LogP contribution is 2.39. The van der Waals surface area contributed by atoms with Gasteiger partial charge in [-0.15, -0.1) is 0 Å². The molecule has 2 bridgehead atoms. The number of carbonyl (C=O) groups is 2. The minimum atomic E-state index is -0.833. The van der Waals surface area contributed by atoms with Crippen LogP contribution in [0.5, 0.6) is 0 Å². The van der Waals surface area contributed by atoms with E-state index in [9.17, 15) is 9.59 Å². The summed E-state index contributed by atoms with van der Waals surface area (Å²) in [6.45, 7) is 0. The highest BCUT2D eigenvalue weighted by molar-refractivity contribution is 5.89. The second kappa shape index (κ2) is 4.78. The molecule has 2 aliphatic heterocycles. The van der Waals surface area contributed by atoms with E-state index in [1.54, 1.807) is 0 Å². The van der Waals surface area contributed by atoms with Crippen molar-refractivity contribution in [1.82, 2.24) is 10.2 Å². The van der Waals surface area contributed by atoms with Crippen molar-refractivity contribution in [2.24, 2.45) is 11.8 Å². The Bertz CT molecular complexity index is 384. The van der Waals surface area contributed by atoms with E-state index in [4.69, 9.17) is 5.11 Å².